The third-order valence-corrected chi connectivity index (χ3v) is 2.82. The van der Waals surface area contributed by atoms with Crippen LogP contribution in [0.4, 0.5) is 13.6 Å². The molecule has 0 saturated heterocycles. The molecule has 1 rings (SSSR count). The molecule has 1 fully saturated rings. The van der Waals surface area contributed by atoms with Crippen LogP contribution in [0.1, 0.15) is 40.0 Å². The lowest BCUT2D eigenvalue weighted by atomic mass is 9.72. The summed E-state index contributed by atoms with van der Waals surface area (Å²) in [4.78, 5) is 22.1. The Morgan fingerprint density at radius 1 is 1.28 bits per heavy atom. The van der Waals surface area contributed by atoms with E-state index in [-0.39, 0.29) is 12.8 Å². The van der Waals surface area contributed by atoms with Crippen LogP contribution in [0.25, 0.3) is 0 Å². The number of carboxylic acid groups (broad SMARTS) is 1. The van der Waals surface area contributed by atoms with E-state index in [1.54, 1.807) is 20.8 Å². The summed E-state index contributed by atoms with van der Waals surface area (Å²) >= 11 is 0. The van der Waals surface area contributed by atoms with Crippen LogP contribution in [0.15, 0.2) is 0 Å². The van der Waals surface area contributed by atoms with Crippen molar-refractivity contribution in [3.8, 4) is 0 Å². The van der Waals surface area contributed by atoms with Gasteiger partial charge in [0.25, 0.3) is 0 Å². The molecule has 5 nitrogen and oxygen atoms in total. The molecule has 0 heterocycles. The molecule has 18 heavy (non-hydrogen) atoms. The average Bonchev–Trinajstić information content (AvgIpc) is 2.07. The van der Waals surface area contributed by atoms with E-state index < -0.39 is 29.1 Å². The number of aliphatic carboxylic acids is 1. The zero-order valence-electron chi connectivity index (χ0n) is 10.5. The molecular weight excluding hydrogens is 248 g/mol. The van der Waals surface area contributed by atoms with Gasteiger partial charge in [-0.3, -0.25) is 0 Å². The molecule has 1 amide bonds. The van der Waals surface area contributed by atoms with Gasteiger partial charge in [0.05, 0.1) is 0 Å². The van der Waals surface area contributed by atoms with Crippen molar-refractivity contribution >= 4 is 12.1 Å². The molecule has 0 aliphatic heterocycles. The largest absolute Gasteiger partial charge is 0.477 e. The third kappa shape index (κ3) is 2.70. The molecule has 0 bridgehead atoms. The molecule has 0 unspecified atom stereocenters. The predicted octanol–water partition coefficient (Wildman–Crippen LogP) is 2.15. The molecular formula is C11H17F2NO4. The van der Waals surface area contributed by atoms with Crippen LogP contribution in [-0.4, -0.2) is 34.2 Å². The van der Waals surface area contributed by atoms with Crippen molar-refractivity contribution in [2.75, 3.05) is 0 Å². The fourth-order valence-corrected chi connectivity index (χ4v) is 1.75. The number of nitrogens with one attached hydrogen (secondary N) is 1. The zero-order valence-corrected chi connectivity index (χ0v) is 10.5. The minimum Gasteiger partial charge on any atom is -0.477 e. The number of carbonyl (C=O) groups excluding carboxylic acids is 1. The SMILES string of the molecule is CC(C)(C)OC(=O)NC1(C(F)(F)C(=O)O)CCC1. The Bertz CT molecular complexity index is 359. The molecule has 0 aromatic heterocycles. The van der Waals surface area contributed by atoms with E-state index in [0.29, 0.717) is 6.42 Å². The second-order valence-electron chi connectivity index (χ2n) is 5.44. The van der Waals surface area contributed by atoms with Gasteiger partial charge in [-0.05, 0) is 40.0 Å². The number of ether oxygens (including phenoxy) is 1. The summed E-state index contributed by atoms with van der Waals surface area (Å²) in [5, 5.41) is 10.6. The van der Waals surface area contributed by atoms with Crippen molar-refractivity contribution in [2.45, 2.75) is 57.1 Å². The maximum atomic E-state index is 13.6. The van der Waals surface area contributed by atoms with Crippen molar-refractivity contribution in [1.29, 1.82) is 0 Å². The molecule has 104 valence electrons. The Morgan fingerprint density at radius 2 is 1.78 bits per heavy atom. The summed E-state index contributed by atoms with van der Waals surface area (Å²) < 4.78 is 32.0. The minimum atomic E-state index is -4.00. The summed E-state index contributed by atoms with van der Waals surface area (Å²) in [6.45, 7) is 4.78. The van der Waals surface area contributed by atoms with Gasteiger partial charge in [0.15, 0.2) is 0 Å². The second kappa shape index (κ2) is 4.37. The van der Waals surface area contributed by atoms with Crippen molar-refractivity contribution in [3.63, 3.8) is 0 Å². The maximum absolute atomic E-state index is 13.6. The molecule has 0 aromatic carbocycles. The van der Waals surface area contributed by atoms with E-state index in [1.807, 2.05) is 5.32 Å². The molecule has 0 aromatic rings. The predicted molar refractivity (Wildman–Crippen MR) is 58.5 cm³/mol. The minimum absolute atomic E-state index is 0.0778. The van der Waals surface area contributed by atoms with Gasteiger partial charge in [-0.1, -0.05) is 0 Å². The van der Waals surface area contributed by atoms with Crippen molar-refractivity contribution in [3.05, 3.63) is 0 Å². The quantitative estimate of drug-likeness (QED) is 0.819. The Balaban J connectivity index is 2.79. The van der Waals surface area contributed by atoms with Crippen LogP contribution in [-0.2, 0) is 9.53 Å². The summed E-state index contributed by atoms with van der Waals surface area (Å²) in [5.41, 5.74) is -2.85. The molecule has 1 aliphatic rings. The number of rotatable bonds is 3. The molecule has 0 atom stereocenters. The van der Waals surface area contributed by atoms with Gasteiger partial charge >= 0.3 is 18.0 Å². The van der Waals surface area contributed by atoms with Gasteiger partial charge in [0, 0.05) is 0 Å². The normalized spacial score (nSPS) is 18.7. The Labute approximate surface area is 103 Å². The van der Waals surface area contributed by atoms with Gasteiger partial charge in [-0.25, -0.2) is 9.59 Å². The van der Waals surface area contributed by atoms with Crippen LogP contribution < -0.4 is 5.32 Å². The smallest absolute Gasteiger partial charge is 0.408 e. The van der Waals surface area contributed by atoms with Gasteiger partial charge in [-0.15, -0.1) is 0 Å². The number of hydrogen-bond donors (Lipinski definition) is 2. The Hall–Kier alpha value is -1.40. The second-order valence-corrected chi connectivity index (χ2v) is 5.44. The van der Waals surface area contributed by atoms with E-state index in [4.69, 9.17) is 9.84 Å². The molecule has 1 aliphatic carbocycles. The number of hydrogen-bond acceptors (Lipinski definition) is 3. The van der Waals surface area contributed by atoms with Crippen LogP contribution in [0.3, 0.4) is 0 Å². The molecule has 0 spiro atoms. The monoisotopic (exact) mass is 265 g/mol. The number of alkyl halides is 2. The van der Waals surface area contributed by atoms with Gasteiger partial charge in [0.2, 0.25) is 0 Å². The highest BCUT2D eigenvalue weighted by Gasteiger charge is 2.63. The van der Waals surface area contributed by atoms with E-state index in [2.05, 4.69) is 0 Å². The Morgan fingerprint density at radius 3 is 2.06 bits per heavy atom. The Kier molecular flexibility index (Phi) is 3.56. The number of carbonyl (C=O) groups is 2. The summed E-state index contributed by atoms with van der Waals surface area (Å²) in [7, 11) is 0. The van der Waals surface area contributed by atoms with Crippen LogP contribution >= 0.6 is 0 Å². The van der Waals surface area contributed by atoms with Crippen LogP contribution in [0, 0.1) is 0 Å². The third-order valence-electron chi connectivity index (χ3n) is 2.82. The molecule has 0 radical (unpaired) electrons. The van der Waals surface area contributed by atoms with Gasteiger partial charge < -0.3 is 15.2 Å². The first-order chi connectivity index (χ1) is 8.00. The standard InChI is InChI=1S/C11H17F2NO4/c1-9(2,3)18-8(17)14-10(5-4-6-10)11(12,13)7(15)16/h4-6H2,1-3H3,(H,14,17)(H,15,16). The first-order valence-electron chi connectivity index (χ1n) is 5.63. The van der Waals surface area contributed by atoms with Crippen LogP contribution in [0.2, 0.25) is 0 Å². The van der Waals surface area contributed by atoms with Crippen molar-refractivity contribution in [2.24, 2.45) is 0 Å². The highest BCUT2D eigenvalue weighted by molar-refractivity contribution is 5.80. The van der Waals surface area contributed by atoms with Crippen LogP contribution in [0.5, 0.6) is 0 Å². The highest BCUT2D eigenvalue weighted by atomic mass is 19.3. The lowest BCUT2D eigenvalue weighted by Crippen LogP contribution is -2.67. The summed E-state index contributed by atoms with van der Waals surface area (Å²) in [5.74, 6) is -6.24. The van der Waals surface area contributed by atoms with Crippen molar-refractivity contribution in [1.82, 2.24) is 5.32 Å². The average molecular weight is 265 g/mol. The number of amides is 1. The first kappa shape index (κ1) is 14.7. The van der Waals surface area contributed by atoms with Crippen molar-refractivity contribution < 1.29 is 28.2 Å². The molecule has 1 saturated carbocycles. The first-order valence-corrected chi connectivity index (χ1v) is 5.63. The lowest BCUT2D eigenvalue weighted by Gasteiger charge is -2.45. The molecule has 2 N–H and O–H groups in total. The maximum Gasteiger partial charge on any atom is 0.408 e. The number of halogens is 2. The highest BCUT2D eigenvalue weighted by Crippen LogP contribution is 2.44. The zero-order chi connectivity index (χ0) is 14.2. The topological polar surface area (TPSA) is 75.6 Å². The van der Waals surface area contributed by atoms with E-state index in [0.717, 1.165) is 0 Å². The number of alkyl carbamates (subject to hydrolysis) is 1. The fourth-order valence-electron chi connectivity index (χ4n) is 1.75. The fraction of sp³-hybridized carbons (Fsp3) is 0.818. The van der Waals surface area contributed by atoms with E-state index in [9.17, 15) is 18.4 Å². The summed E-state index contributed by atoms with van der Waals surface area (Å²) in [6, 6.07) is 0. The van der Waals surface area contributed by atoms with Gasteiger partial charge in [0.1, 0.15) is 11.1 Å². The van der Waals surface area contributed by atoms with Gasteiger partial charge in [-0.2, -0.15) is 8.78 Å². The summed E-state index contributed by atoms with van der Waals surface area (Å²) in [6.07, 6.45) is -0.737. The number of carboxylic acids is 1. The lowest BCUT2D eigenvalue weighted by molar-refractivity contribution is -0.186. The van der Waals surface area contributed by atoms with E-state index in [1.165, 1.54) is 0 Å². The molecule has 7 heteroatoms. The van der Waals surface area contributed by atoms with E-state index >= 15 is 0 Å².